The third kappa shape index (κ3) is 1.52. The van der Waals surface area contributed by atoms with Gasteiger partial charge in [0, 0.05) is 41.5 Å². The van der Waals surface area contributed by atoms with E-state index in [2.05, 4.69) is 22.9 Å². The fourth-order valence-electron chi connectivity index (χ4n) is 3.36. The summed E-state index contributed by atoms with van der Waals surface area (Å²) < 4.78 is 15.2. The number of nitrogens with one attached hydrogen (secondary N) is 1. The SMILES string of the molecule is CCN1CCc2[nH]c3c(C)c(F)c4sccc4c3c2C1. The molecule has 3 heterocycles. The number of aryl methyl sites for hydroxylation is 1. The van der Waals surface area contributed by atoms with Crippen LogP contribution in [-0.4, -0.2) is 23.0 Å². The number of aromatic nitrogens is 1. The van der Waals surface area contributed by atoms with Crippen molar-refractivity contribution < 1.29 is 4.39 Å². The van der Waals surface area contributed by atoms with Crippen molar-refractivity contribution in [2.75, 3.05) is 13.1 Å². The van der Waals surface area contributed by atoms with Gasteiger partial charge in [0.2, 0.25) is 0 Å². The summed E-state index contributed by atoms with van der Waals surface area (Å²) in [5, 5.41) is 4.31. The lowest BCUT2D eigenvalue weighted by Gasteiger charge is -2.25. The molecule has 1 N–H and O–H groups in total. The zero-order chi connectivity index (χ0) is 13.9. The number of halogens is 1. The van der Waals surface area contributed by atoms with Crippen LogP contribution in [0.1, 0.15) is 23.7 Å². The van der Waals surface area contributed by atoms with E-state index < -0.39 is 0 Å². The van der Waals surface area contributed by atoms with Crippen molar-refractivity contribution in [3.05, 3.63) is 34.1 Å². The molecule has 2 nitrogen and oxygen atoms in total. The molecule has 0 saturated carbocycles. The quantitative estimate of drug-likeness (QED) is 0.710. The van der Waals surface area contributed by atoms with Crippen molar-refractivity contribution in [2.45, 2.75) is 26.8 Å². The summed E-state index contributed by atoms with van der Waals surface area (Å²) in [5.74, 6) is -0.0616. The van der Waals surface area contributed by atoms with Crippen molar-refractivity contribution in [3.8, 4) is 0 Å². The van der Waals surface area contributed by atoms with E-state index in [-0.39, 0.29) is 5.82 Å². The fourth-order valence-corrected chi connectivity index (χ4v) is 4.25. The topological polar surface area (TPSA) is 19.0 Å². The highest BCUT2D eigenvalue weighted by molar-refractivity contribution is 7.17. The van der Waals surface area contributed by atoms with Gasteiger partial charge in [-0.1, -0.05) is 6.92 Å². The molecular weight excluding hydrogens is 271 g/mol. The van der Waals surface area contributed by atoms with Crippen LogP contribution in [0.5, 0.6) is 0 Å². The highest BCUT2D eigenvalue weighted by atomic mass is 32.1. The molecule has 0 saturated heterocycles. The van der Waals surface area contributed by atoms with Gasteiger partial charge in [-0.25, -0.2) is 4.39 Å². The number of thiophene rings is 1. The summed E-state index contributed by atoms with van der Waals surface area (Å²) in [4.78, 5) is 5.94. The minimum atomic E-state index is -0.0616. The van der Waals surface area contributed by atoms with Gasteiger partial charge in [-0.05, 0) is 30.5 Å². The number of hydrogen-bond donors (Lipinski definition) is 1. The number of hydrogen-bond acceptors (Lipinski definition) is 2. The van der Waals surface area contributed by atoms with Crippen LogP contribution >= 0.6 is 11.3 Å². The maximum atomic E-state index is 14.4. The lowest BCUT2D eigenvalue weighted by Crippen LogP contribution is -2.29. The molecule has 0 amide bonds. The summed E-state index contributed by atoms with van der Waals surface area (Å²) in [6.45, 7) is 7.22. The number of likely N-dealkylation sites (N-methyl/N-ethyl adjacent to an activating group) is 1. The van der Waals surface area contributed by atoms with Gasteiger partial charge in [-0.2, -0.15) is 0 Å². The first-order valence-electron chi connectivity index (χ1n) is 7.11. The second kappa shape index (κ2) is 4.30. The van der Waals surface area contributed by atoms with E-state index in [0.29, 0.717) is 0 Å². The van der Waals surface area contributed by atoms with Gasteiger partial charge in [-0.15, -0.1) is 11.3 Å². The Morgan fingerprint density at radius 1 is 1.45 bits per heavy atom. The third-order valence-corrected chi connectivity index (χ3v) is 5.44. The molecular formula is C16H17FN2S. The molecule has 0 aliphatic carbocycles. The number of aromatic amines is 1. The first-order valence-corrected chi connectivity index (χ1v) is 7.99. The smallest absolute Gasteiger partial charge is 0.146 e. The average Bonchev–Trinajstić information content (AvgIpc) is 3.07. The first kappa shape index (κ1) is 12.4. The summed E-state index contributed by atoms with van der Waals surface area (Å²) in [6, 6.07) is 2.06. The van der Waals surface area contributed by atoms with Crippen molar-refractivity contribution in [1.82, 2.24) is 9.88 Å². The maximum Gasteiger partial charge on any atom is 0.146 e. The zero-order valence-electron chi connectivity index (χ0n) is 11.7. The van der Waals surface area contributed by atoms with E-state index in [4.69, 9.17) is 0 Å². The highest BCUT2D eigenvalue weighted by Gasteiger charge is 2.24. The lowest BCUT2D eigenvalue weighted by atomic mass is 10.0. The number of fused-ring (bicyclic) bond motifs is 5. The van der Waals surface area contributed by atoms with Gasteiger partial charge in [0.25, 0.3) is 0 Å². The van der Waals surface area contributed by atoms with Crippen LogP contribution in [0.4, 0.5) is 4.39 Å². The third-order valence-electron chi connectivity index (χ3n) is 4.54. The molecule has 104 valence electrons. The van der Waals surface area contributed by atoms with Crippen molar-refractivity contribution in [1.29, 1.82) is 0 Å². The van der Waals surface area contributed by atoms with E-state index >= 15 is 0 Å². The van der Waals surface area contributed by atoms with Gasteiger partial charge >= 0.3 is 0 Å². The molecule has 0 fully saturated rings. The van der Waals surface area contributed by atoms with Crippen molar-refractivity contribution in [3.63, 3.8) is 0 Å². The predicted molar refractivity (Wildman–Crippen MR) is 83.0 cm³/mol. The van der Waals surface area contributed by atoms with Crippen LogP contribution in [0.15, 0.2) is 11.4 Å². The molecule has 0 spiro atoms. The Hall–Kier alpha value is -1.39. The highest BCUT2D eigenvalue weighted by Crippen LogP contribution is 2.39. The van der Waals surface area contributed by atoms with Crippen molar-refractivity contribution in [2.24, 2.45) is 0 Å². The normalized spacial score (nSPS) is 16.1. The van der Waals surface area contributed by atoms with Crippen molar-refractivity contribution >= 4 is 32.3 Å². The predicted octanol–water partition coefficient (Wildman–Crippen LogP) is 4.21. The molecule has 1 aromatic carbocycles. The van der Waals surface area contributed by atoms with Crippen LogP contribution < -0.4 is 0 Å². The zero-order valence-corrected chi connectivity index (χ0v) is 12.5. The molecule has 2 aromatic heterocycles. The van der Waals surface area contributed by atoms with Crippen LogP contribution in [0.25, 0.3) is 21.0 Å². The summed E-state index contributed by atoms with van der Waals surface area (Å²) >= 11 is 1.50. The standard InChI is InChI=1S/C16H17FN2S/c1-3-19-6-4-12-11(8-19)13-10-5-7-20-16(10)14(17)9(2)15(13)18-12/h5,7,18H,3-4,6,8H2,1-2H3. The van der Waals surface area contributed by atoms with E-state index in [1.807, 2.05) is 12.3 Å². The average molecular weight is 288 g/mol. The molecule has 1 aliphatic heterocycles. The second-order valence-corrected chi connectivity index (χ2v) is 6.47. The minimum absolute atomic E-state index is 0.0616. The van der Waals surface area contributed by atoms with E-state index in [9.17, 15) is 4.39 Å². The Morgan fingerprint density at radius 3 is 3.10 bits per heavy atom. The second-order valence-electron chi connectivity index (χ2n) is 5.55. The molecule has 0 unspecified atom stereocenters. The van der Waals surface area contributed by atoms with Gasteiger partial charge < -0.3 is 4.98 Å². The van der Waals surface area contributed by atoms with Crippen LogP contribution in [-0.2, 0) is 13.0 Å². The number of H-pyrrole nitrogens is 1. The van der Waals surface area contributed by atoms with Crippen LogP contribution in [0.3, 0.4) is 0 Å². The number of rotatable bonds is 1. The number of benzene rings is 1. The monoisotopic (exact) mass is 288 g/mol. The largest absolute Gasteiger partial charge is 0.358 e. The Morgan fingerprint density at radius 2 is 2.30 bits per heavy atom. The molecule has 0 bridgehead atoms. The molecule has 4 rings (SSSR count). The van der Waals surface area contributed by atoms with Crippen LogP contribution in [0.2, 0.25) is 0 Å². The molecule has 20 heavy (non-hydrogen) atoms. The summed E-state index contributed by atoms with van der Waals surface area (Å²) in [7, 11) is 0. The Bertz CT molecular complexity index is 815. The maximum absolute atomic E-state index is 14.4. The van der Waals surface area contributed by atoms with E-state index in [1.165, 1.54) is 28.0 Å². The Balaban J connectivity index is 2.11. The van der Waals surface area contributed by atoms with Gasteiger partial charge in [-0.3, -0.25) is 4.90 Å². The van der Waals surface area contributed by atoms with E-state index in [0.717, 1.165) is 47.2 Å². The molecule has 4 heteroatoms. The molecule has 3 aromatic rings. The summed E-state index contributed by atoms with van der Waals surface area (Å²) in [5.41, 5.74) is 4.43. The Labute approximate surface area is 121 Å². The van der Waals surface area contributed by atoms with Gasteiger partial charge in [0.05, 0.1) is 10.2 Å². The van der Waals surface area contributed by atoms with Gasteiger partial charge in [0.1, 0.15) is 5.82 Å². The minimum Gasteiger partial charge on any atom is -0.358 e. The fraction of sp³-hybridized carbons (Fsp3) is 0.375. The Kier molecular flexibility index (Phi) is 2.66. The van der Waals surface area contributed by atoms with E-state index in [1.54, 1.807) is 0 Å². The summed E-state index contributed by atoms with van der Waals surface area (Å²) in [6.07, 6.45) is 1.03. The van der Waals surface area contributed by atoms with Gasteiger partial charge in [0.15, 0.2) is 0 Å². The first-order chi connectivity index (χ1) is 9.70. The van der Waals surface area contributed by atoms with Crippen LogP contribution in [0, 0.1) is 12.7 Å². The lowest BCUT2D eigenvalue weighted by molar-refractivity contribution is 0.268. The molecule has 0 atom stereocenters. The number of nitrogens with zero attached hydrogens (tertiary/aromatic N) is 1. The molecule has 0 radical (unpaired) electrons. The molecule has 1 aliphatic rings.